The molecule has 0 amide bonds. The van der Waals surface area contributed by atoms with E-state index in [0.717, 1.165) is 25.7 Å². The van der Waals surface area contributed by atoms with E-state index in [1.54, 1.807) is 0 Å². The van der Waals surface area contributed by atoms with Crippen molar-refractivity contribution in [1.29, 1.82) is 0 Å². The first-order valence-electron chi connectivity index (χ1n) is 7.16. The maximum atomic E-state index is 11.8. The lowest BCUT2D eigenvalue weighted by Crippen LogP contribution is -2.23. The predicted octanol–water partition coefficient (Wildman–Crippen LogP) is 1.03. The lowest BCUT2D eigenvalue weighted by atomic mass is 9.99. The van der Waals surface area contributed by atoms with Crippen LogP contribution >= 0.6 is 0 Å². The van der Waals surface area contributed by atoms with Crippen molar-refractivity contribution in [3.63, 3.8) is 0 Å². The summed E-state index contributed by atoms with van der Waals surface area (Å²) in [5.41, 5.74) is 0. The molecule has 0 radical (unpaired) electrons. The third kappa shape index (κ3) is 8.87. The van der Waals surface area contributed by atoms with Gasteiger partial charge in [0, 0.05) is 0 Å². The number of aliphatic hydroxyl groups is 2. The molecular formula is C14H26O6. The van der Waals surface area contributed by atoms with E-state index < -0.39 is 18.7 Å². The number of carbonyl (C=O) groups is 2. The third-order valence-corrected chi connectivity index (χ3v) is 2.81. The van der Waals surface area contributed by atoms with E-state index in [2.05, 4.69) is 0 Å². The second-order valence-corrected chi connectivity index (χ2v) is 4.71. The molecule has 0 aliphatic heterocycles. The maximum Gasteiger partial charge on any atom is 0.309 e. The molecule has 0 aliphatic rings. The van der Waals surface area contributed by atoms with E-state index in [1.807, 2.05) is 13.8 Å². The van der Waals surface area contributed by atoms with Gasteiger partial charge in [0.05, 0.1) is 18.9 Å². The van der Waals surface area contributed by atoms with Crippen molar-refractivity contribution in [3.8, 4) is 0 Å². The summed E-state index contributed by atoms with van der Waals surface area (Å²) in [7, 11) is 0. The molecule has 0 heterocycles. The van der Waals surface area contributed by atoms with Crippen LogP contribution in [0.1, 0.15) is 46.0 Å². The highest BCUT2D eigenvalue weighted by Gasteiger charge is 2.18. The highest BCUT2D eigenvalue weighted by Crippen LogP contribution is 2.15. The molecule has 0 aromatic carbocycles. The topological polar surface area (TPSA) is 93.1 Å². The van der Waals surface area contributed by atoms with Crippen molar-refractivity contribution in [2.45, 2.75) is 52.1 Å². The average Bonchev–Trinajstić information content (AvgIpc) is 2.44. The fraction of sp³-hybridized carbons (Fsp3) is 0.857. The minimum atomic E-state index is -1.07. The molecular weight excluding hydrogens is 264 g/mol. The first kappa shape index (κ1) is 18.9. The maximum absolute atomic E-state index is 11.8. The van der Waals surface area contributed by atoms with Crippen molar-refractivity contribution in [2.24, 2.45) is 5.92 Å². The molecule has 2 N–H and O–H groups in total. The van der Waals surface area contributed by atoms with Crippen molar-refractivity contribution in [1.82, 2.24) is 0 Å². The molecule has 0 saturated carbocycles. The van der Waals surface area contributed by atoms with Crippen LogP contribution in [-0.4, -0.2) is 48.1 Å². The van der Waals surface area contributed by atoms with E-state index >= 15 is 0 Å². The summed E-state index contributed by atoms with van der Waals surface area (Å²) in [5, 5.41) is 17.5. The fourth-order valence-corrected chi connectivity index (χ4v) is 1.74. The van der Waals surface area contributed by atoms with Crippen LogP contribution in [0.5, 0.6) is 0 Å². The molecule has 0 fully saturated rings. The van der Waals surface area contributed by atoms with E-state index in [4.69, 9.17) is 19.7 Å². The normalized spacial score (nSPS) is 12.2. The van der Waals surface area contributed by atoms with Crippen LogP contribution in [0.15, 0.2) is 0 Å². The molecule has 6 nitrogen and oxygen atoms in total. The zero-order valence-corrected chi connectivity index (χ0v) is 12.3. The van der Waals surface area contributed by atoms with Crippen molar-refractivity contribution in [3.05, 3.63) is 0 Å². The van der Waals surface area contributed by atoms with Gasteiger partial charge in [-0.3, -0.25) is 9.59 Å². The van der Waals surface area contributed by atoms with Gasteiger partial charge >= 0.3 is 11.9 Å². The lowest BCUT2D eigenvalue weighted by Gasteiger charge is -2.14. The number of hydrogen-bond acceptors (Lipinski definition) is 6. The predicted molar refractivity (Wildman–Crippen MR) is 72.9 cm³/mol. The monoisotopic (exact) mass is 290 g/mol. The van der Waals surface area contributed by atoms with Gasteiger partial charge in [0.1, 0.15) is 19.3 Å². The molecule has 0 bridgehead atoms. The lowest BCUT2D eigenvalue weighted by molar-refractivity contribution is -0.154. The summed E-state index contributed by atoms with van der Waals surface area (Å²) in [6.45, 7) is 3.30. The minimum Gasteiger partial charge on any atom is -0.465 e. The molecule has 0 saturated heterocycles. The van der Waals surface area contributed by atoms with Gasteiger partial charge in [-0.25, -0.2) is 0 Å². The molecule has 6 heteroatoms. The first-order chi connectivity index (χ1) is 9.54. The molecule has 0 rings (SSSR count). The van der Waals surface area contributed by atoms with Gasteiger partial charge in [-0.15, -0.1) is 0 Å². The standard InChI is InChI=1S/C14H26O6/c1-3-5-11(6-4-2)14(18)19-8-7-13(17)20-10-12(16)9-15/h11-12,15-16H,3-10H2,1-2H3. The SMILES string of the molecule is CCCC(CCC)C(=O)OCCC(=O)OCC(O)CO. The molecule has 1 atom stereocenters. The quantitative estimate of drug-likeness (QED) is 0.552. The van der Waals surface area contributed by atoms with Gasteiger partial charge in [0.25, 0.3) is 0 Å². The molecule has 0 spiro atoms. The van der Waals surface area contributed by atoms with E-state index in [1.165, 1.54) is 0 Å². The Balaban J connectivity index is 3.85. The molecule has 118 valence electrons. The Hall–Kier alpha value is -1.14. The van der Waals surface area contributed by atoms with Crippen molar-refractivity contribution < 1.29 is 29.3 Å². The van der Waals surface area contributed by atoms with Gasteiger partial charge in [0.2, 0.25) is 0 Å². The third-order valence-electron chi connectivity index (χ3n) is 2.81. The number of esters is 2. The number of ether oxygens (including phenoxy) is 2. The van der Waals surface area contributed by atoms with E-state index in [-0.39, 0.29) is 31.5 Å². The van der Waals surface area contributed by atoms with E-state index in [9.17, 15) is 9.59 Å². The van der Waals surface area contributed by atoms with Gasteiger partial charge in [-0.2, -0.15) is 0 Å². The smallest absolute Gasteiger partial charge is 0.309 e. The van der Waals surface area contributed by atoms with Gasteiger partial charge in [-0.05, 0) is 12.8 Å². The zero-order chi connectivity index (χ0) is 15.4. The Morgan fingerprint density at radius 3 is 2.20 bits per heavy atom. The molecule has 0 aromatic rings. The number of hydrogen-bond donors (Lipinski definition) is 2. The summed E-state index contributed by atoms with van der Waals surface area (Å²) in [5.74, 6) is -0.929. The van der Waals surface area contributed by atoms with Crippen LogP contribution in [0.3, 0.4) is 0 Å². The zero-order valence-electron chi connectivity index (χ0n) is 12.3. The summed E-state index contributed by atoms with van der Waals surface area (Å²) in [6, 6.07) is 0. The van der Waals surface area contributed by atoms with Crippen LogP contribution in [-0.2, 0) is 19.1 Å². The Bertz CT molecular complexity index is 273. The molecule has 20 heavy (non-hydrogen) atoms. The Morgan fingerprint density at radius 1 is 1.10 bits per heavy atom. The highest BCUT2D eigenvalue weighted by molar-refractivity contribution is 5.73. The minimum absolute atomic E-state index is 0.0170. The van der Waals surface area contributed by atoms with Crippen LogP contribution in [0.2, 0.25) is 0 Å². The van der Waals surface area contributed by atoms with Crippen molar-refractivity contribution >= 4 is 11.9 Å². The average molecular weight is 290 g/mol. The van der Waals surface area contributed by atoms with Gasteiger partial charge in [-0.1, -0.05) is 26.7 Å². The number of carbonyl (C=O) groups excluding carboxylic acids is 2. The summed E-state index contributed by atoms with van der Waals surface area (Å²) < 4.78 is 9.75. The summed E-state index contributed by atoms with van der Waals surface area (Å²) in [6.07, 6.45) is 2.30. The van der Waals surface area contributed by atoms with Gasteiger partial charge < -0.3 is 19.7 Å². The van der Waals surface area contributed by atoms with Crippen molar-refractivity contribution in [2.75, 3.05) is 19.8 Å². The largest absolute Gasteiger partial charge is 0.465 e. The number of rotatable bonds is 11. The molecule has 0 aliphatic carbocycles. The van der Waals surface area contributed by atoms with Crippen LogP contribution in [0, 0.1) is 5.92 Å². The second kappa shape index (κ2) is 11.7. The molecule has 0 aromatic heterocycles. The van der Waals surface area contributed by atoms with Crippen LogP contribution in [0.25, 0.3) is 0 Å². The summed E-state index contributed by atoms with van der Waals surface area (Å²) >= 11 is 0. The first-order valence-corrected chi connectivity index (χ1v) is 7.16. The van der Waals surface area contributed by atoms with E-state index in [0.29, 0.717) is 0 Å². The highest BCUT2D eigenvalue weighted by atomic mass is 16.6. The Labute approximate surface area is 120 Å². The summed E-state index contributed by atoms with van der Waals surface area (Å²) in [4.78, 5) is 23.0. The van der Waals surface area contributed by atoms with Crippen LogP contribution in [0.4, 0.5) is 0 Å². The van der Waals surface area contributed by atoms with Gasteiger partial charge in [0.15, 0.2) is 0 Å². The Morgan fingerprint density at radius 2 is 1.70 bits per heavy atom. The Kier molecular flexibility index (Phi) is 11.0. The van der Waals surface area contributed by atoms with Crippen LogP contribution < -0.4 is 0 Å². The number of aliphatic hydroxyl groups excluding tert-OH is 2. The molecule has 1 unspecified atom stereocenters. The fourth-order valence-electron chi connectivity index (χ4n) is 1.74. The second-order valence-electron chi connectivity index (χ2n) is 4.71.